The Kier molecular flexibility index (Phi) is 4.91. The second-order valence-corrected chi connectivity index (χ2v) is 5.38. The van der Waals surface area contributed by atoms with E-state index < -0.39 is 11.5 Å². The maximum absolute atomic E-state index is 12.0. The fourth-order valence-corrected chi connectivity index (χ4v) is 1.79. The molecule has 1 atom stereocenters. The van der Waals surface area contributed by atoms with E-state index in [1.807, 2.05) is 44.2 Å². The van der Waals surface area contributed by atoms with Gasteiger partial charge in [0.2, 0.25) is 0 Å². The van der Waals surface area contributed by atoms with Crippen molar-refractivity contribution >= 4 is 5.97 Å². The maximum Gasteiger partial charge on any atom is 0.312 e. The SMILES string of the molecule is CC(C)OC(=O)[C@@H](Cc1ccccc1)C(C)(C)O. The minimum Gasteiger partial charge on any atom is -0.463 e. The smallest absolute Gasteiger partial charge is 0.312 e. The van der Waals surface area contributed by atoms with E-state index >= 15 is 0 Å². The molecule has 18 heavy (non-hydrogen) atoms. The van der Waals surface area contributed by atoms with Gasteiger partial charge >= 0.3 is 5.97 Å². The fourth-order valence-electron chi connectivity index (χ4n) is 1.79. The van der Waals surface area contributed by atoms with Gasteiger partial charge in [-0.1, -0.05) is 30.3 Å². The molecular weight excluding hydrogens is 228 g/mol. The molecule has 0 fully saturated rings. The van der Waals surface area contributed by atoms with Gasteiger partial charge in [0.05, 0.1) is 17.6 Å². The van der Waals surface area contributed by atoms with Crippen LogP contribution < -0.4 is 0 Å². The molecule has 1 N–H and O–H groups in total. The number of hydrogen-bond donors (Lipinski definition) is 1. The summed E-state index contributed by atoms with van der Waals surface area (Å²) in [7, 11) is 0. The summed E-state index contributed by atoms with van der Waals surface area (Å²) in [6.45, 7) is 6.90. The molecular formula is C15H22O3. The van der Waals surface area contributed by atoms with Crippen molar-refractivity contribution in [1.29, 1.82) is 0 Å². The van der Waals surface area contributed by atoms with Crippen molar-refractivity contribution in [2.75, 3.05) is 0 Å². The molecule has 0 aliphatic heterocycles. The van der Waals surface area contributed by atoms with Crippen molar-refractivity contribution < 1.29 is 14.6 Å². The lowest BCUT2D eigenvalue weighted by Crippen LogP contribution is -2.40. The van der Waals surface area contributed by atoms with Gasteiger partial charge in [-0.2, -0.15) is 0 Å². The van der Waals surface area contributed by atoms with Crippen LogP contribution in [0, 0.1) is 5.92 Å². The summed E-state index contributed by atoms with van der Waals surface area (Å²) in [5.41, 5.74) is -0.0766. The number of hydrogen-bond acceptors (Lipinski definition) is 3. The molecule has 3 heteroatoms. The first-order valence-corrected chi connectivity index (χ1v) is 6.27. The lowest BCUT2D eigenvalue weighted by atomic mass is 9.85. The van der Waals surface area contributed by atoms with Crippen LogP contribution in [0.1, 0.15) is 33.3 Å². The van der Waals surface area contributed by atoms with Crippen LogP contribution in [-0.2, 0) is 16.0 Å². The van der Waals surface area contributed by atoms with E-state index in [4.69, 9.17) is 4.74 Å². The van der Waals surface area contributed by atoms with Gasteiger partial charge in [0.25, 0.3) is 0 Å². The van der Waals surface area contributed by atoms with Crippen molar-refractivity contribution in [3.63, 3.8) is 0 Å². The molecule has 0 radical (unpaired) electrons. The lowest BCUT2D eigenvalue weighted by Gasteiger charge is -2.28. The topological polar surface area (TPSA) is 46.5 Å². The number of benzene rings is 1. The van der Waals surface area contributed by atoms with Gasteiger partial charge in [0.15, 0.2) is 0 Å². The molecule has 1 aromatic carbocycles. The Morgan fingerprint density at radius 2 is 1.83 bits per heavy atom. The van der Waals surface area contributed by atoms with Gasteiger partial charge < -0.3 is 9.84 Å². The summed E-state index contributed by atoms with van der Waals surface area (Å²) in [6, 6.07) is 9.66. The first-order valence-electron chi connectivity index (χ1n) is 6.27. The third kappa shape index (κ3) is 4.49. The van der Waals surface area contributed by atoms with Crippen LogP contribution >= 0.6 is 0 Å². The Morgan fingerprint density at radius 1 is 1.28 bits per heavy atom. The number of aliphatic hydroxyl groups is 1. The van der Waals surface area contributed by atoms with Crippen LogP contribution in [0.4, 0.5) is 0 Å². The summed E-state index contributed by atoms with van der Waals surface area (Å²) in [6.07, 6.45) is 0.314. The van der Waals surface area contributed by atoms with Crippen LogP contribution in [0.2, 0.25) is 0 Å². The van der Waals surface area contributed by atoms with Gasteiger partial charge in [-0.05, 0) is 39.7 Å². The van der Waals surface area contributed by atoms with Gasteiger partial charge in [-0.3, -0.25) is 4.79 Å². The predicted octanol–water partition coefficient (Wildman–Crippen LogP) is 2.57. The minimum atomic E-state index is -1.10. The lowest BCUT2D eigenvalue weighted by molar-refractivity contribution is -0.160. The molecule has 0 saturated heterocycles. The number of rotatable bonds is 5. The number of carbonyl (C=O) groups excluding carboxylic acids is 1. The first kappa shape index (κ1) is 14.7. The van der Waals surface area contributed by atoms with Crippen LogP contribution in [0.25, 0.3) is 0 Å². The van der Waals surface area contributed by atoms with E-state index in [1.54, 1.807) is 13.8 Å². The summed E-state index contributed by atoms with van der Waals surface area (Å²) < 4.78 is 5.21. The molecule has 100 valence electrons. The van der Waals surface area contributed by atoms with Crippen LogP contribution in [0.5, 0.6) is 0 Å². The van der Waals surface area contributed by atoms with Crippen LogP contribution in [-0.4, -0.2) is 22.8 Å². The van der Waals surface area contributed by atoms with E-state index in [0.29, 0.717) is 6.42 Å². The third-order valence-electron chi connectivity index (χ3n) is 2.77. The summed E-state index contributed by atoms with van der Waals surface area (Å²) in [5.74, 6) is -0.899. The number of carbonyl (C=O) groups is 1. The van der Waals surface area contributed by atoms with E-state index in [9.17, 15) is 9.90 Å². The minimum absolute atomic E-state index is 0.168. The van der Waals surface area contributed by atoms with Crippen molar-refractivity contribution in [1.82, 2.24) is 0 Å². The second-order valence-electron chi connectivity index (χ2n) is 5.38. The molecule has 0 amide bonds. The zero-order valence-electron chi connectivity index (χ0n) is 11.5. The van der Waals surface area contributed by atoms with E-state index in [-0.39, 0.29) is 12.1 Å². The van der Waals surface area contributed by atoms with Crippen molar-refractivity contribution in [3.8, 4) is 0 Å². The first-order chi connectivity index (χ1) is 8.30. The molecule has 0 spiro atoms. The van der Waals surface area contributed by atoms with Crippen molar-refractivity contribution in [3.05, 3.63) is 35.9 Å². The molecule has 0 unspecified atom stereocenters. The highest BCUT2D eigenvalue weighted by molar-refractivity contribution is 5.74. The normalized spacial score (nSPS) is 13.4. The molecule has 0 aliphatic carbocycles. The molecule has 1 rings (SSSR count). The monoisotopic (exact) mass is 250 g/mol. The van der Waals surface area contributed by atoms with Gasteiger partial charge in [0.1, 0.15) is 0 Å². The van der Waals surface area contributed by atoms with Crippen LogP contribution in [0.3, 0.4) is 0 Å². The summed E-state index contributed by atoms with van der Waals surface area (Å²) in [4.78, 5) is 12.0. The number of esters is 1. The highest BCUT2D eigenvalue weighted by atomic mass is 16.5. The maximum atomic E-state index is 12.0. The molecule has 1 aromatic rings. The second kappa shape index (κ2) is 6.01. The molecule has 0 heterocycles. The molecule has 3 nitrogen and oxygen atoms in total. The highest BCUT2D eigenvalue weighted by Gasteiger charge is 2.35. The Morgan fingerprint density at radius 3 is 2.28 bits per heavy atom. The van der Waals surface area contributed by atoms with Crippen LogP contribution in [0.15, 0.2) is 30.3 Å². The Bertz CT molecular complexity index is 376. The molecule has 0 saturated carbocycles. The standard InChI is InChI=1S/C15H22O3/c1-11(2)18-14(16)13(15(3,4)17)10-12-8-6-5-7-9-12/h5-9,11,13,17H,10H2,1-4H3/t13-/m1/s1. The van der Waals surface area contributed by atoms with E-state index in [2.05, 4.69) is 0 Å². The Labute approximate surface area is 109 Å². The van der Waals surface area contributed by atoms with Gasteiger partial charge in [0, 0.05) is 0 Å². The average molecular weight is 250 g/mol. The number of ether oxygens (including phenoxy) is 1. The van der Waals surface area contributed by atoms with E-state index in [0.717, 1.165) is 5.56 Å². The quantitative estimate of drug-likeness (QED) is 0.817. The molecule has 0 aliphatic rings. The molecule has 0 bridgehead atoms. The third-order valence-corrected chi connectivity index (χ3v) is 2.77. The Hall–Kier alpha value is -1.35. The zero-order valence-corrected chi connectivity index (χ0v) is 11.5. The van der Waals surface area contributed by atoms with E-state index in [1.165, 1.54) is 0 Å². The zero-order chi connectivity index (χ0) is 13.8. The summed E-state index contributed by atoms with van der Waals surface area (Å²) >= 11 is 0. The summed E-state index contributed by atoms with van der Waals surface area (Å²) in [5, 5.41) is 10.1. The fraction of sp³-hybridized carbons (Fsp3) is 0.533. The largest absolute Gasteiger partial charge is 0.463 e. The Balaban J connectivity index is 2.83. The average Bonchev–Trinajstić information content (AvgIpc) is 2.24. The van der Waals surface area contributed by atoms with Gasteiger partial charge in [-0.15, -0.1) is 0 Å². The highest BCUT2D eigenvalue weighted by Crippen LogP contribution is 2.23. The van der Waals surface area contributed by atoms with Crippen molar-refractivity contribution in [2.45, 2.75) is 45.8 Å². The predicted molar refractivity (Wildman–Crippen MR) is 71.2 cm³/mol. The van der Waals surface area contributed by atoms with Crippen molar-refractivity contribution in [2.24, 2.45) is 5.92 Å². The molecule has 0 aromatic heterocycles. The van der Waals surface area contributed by atoms with Gasteiger partial charge in [-0.25, -0.2) is 0 Å².